The molecule has 0 saturated carbocycles. The van der Waals surface area contributed by atoms with Gasteiger partial charge in [-0.1, -0.05) is 11.6 Å². The number of rotatable bonds is 2. The first kappa shape index (κ1) is 12.3. The number of benzene rings is 1. The molecule has 0 heterocycles. The zero-order valence-electron chi connectivity index (χ0n) is 8.56. The lowest BCUT2D eigenvalue weighted by molar-refractivity contribution is 0.0599. The van der Waals surface area contributed by atoms with Crippen LogP contribution in [0, 0.1) is 6.92 Å². The summed E-state index contributed by atoms with van der Waals surface area (Å²) < 4.78 is 10.3. The van der Waals surface area contributed by atoms with Crippen LogP contribution in [0.2, 0.25) is 5.02 Å². The molecular formula is C10H10BrClO3. The Labute approximate surface area is 101 Å². The molecule has 0 saturated heterocycles. The maximum absolute atomic E-state index is 11.5. The van der Waals surface area contributed by atoms with Crippen LogP contribution in [0.1, 0.15) is 15.9 Å². The molecule has 0 aliphatic carbocycles. The minimum absolute atomic E-state index is 0.252. The van der Waals surface area contributed by atoms with Crippen molar-refractivity contribution in [1.82, 2.24) is 0 Å². The smallest absolute Gasteiger partial charge is 0.340 e. The van der Waals surface area contributed by atoms with Gasteiger partial charge < -0.3 is 9.47 Å². The fourth-order valence-corrected chi connectivity index (χ4v) is 2.06. The molecule has 0 radical (unpaired) electrons. The molecule has 5 heteroatoms. The number of ether oxygens (including phenoxy) is 2. The topological polar surface area (TPSA) is 35.5 Å². The Hall–Kier alpha value is -0.740. The van der Waals surface area contributed by atoms with Crippen molar-refractivity contribution in [3.05, 3.63) is 26.7 Å². The summed E-state index contributed by atoms with van der Waals surface area (Å²) in [4.78, 5) is 11.5. The zero-order chi connectivity index (χ0) is 11.6. The predicted octanol–water partition coefficient (Wildman–Crippen LogP) is 3.21. The van der Waals surface area contributed by atoms with Crippen LogP contribution in [0.15, 0.2) is 10.5 Å². The molecule has 1 aromatic carbocycles. The highest BCUT2D eigenvalue weighted by Gasteiger charge is 2.20. The van der Waals surface area contributed by atoms with E-state index in [4.69, 9.17) is 16.3 Å². The molecule has 0 amide bonds. The molecule has 82 valence electrons. The van der Waals surface area contributed by atoms with E-state index >= 15 is 0 Å². The van der Waals surface area contributed by atoms with Crippen LogP contribution >= 0.6 is 27.5 Å². The molecule has 0 bridgehead atoms. The van der Waals surface area contributed by atoms with Crippen LogP contribution in [-0.2, 0) is 4.74 Å². The fraction of sp³-hybridized carbons (Fsp3) is 0.300. The Balaban J connectivity index is 3.47. The molecule has 0 aliphatic rings. The van der Waals surface area contributed by atoms with Crippen molar-refractivity contribution < 1.29 is 14.3 Å². The first-order valence-electron chi connectivity index (χ1n) is 4.13. The molecule has 3 nitrogen and oxygen atoms in total. The number of methoxy groups -OCH3 is 2. The van der Waals surface area contributed by atoms with E-state index in [9.17, 15) is 4.79 Å². The summed E-state index contributed by atoms with van der Waals surface area (Å²) in [5.74, 6) is -0.0355. The van der Waals surface area contributed by atoms with Crippen LogP contribution in [0.3, 0.4) is 0 Å². The van der Waals surface area contributed by atoms with E-state index in [1.807, 2.05) is 6.92 Å². The van der Waals surface area contributed by atoms with Crippen molar-refractivity contribution in [2.24, 2.45) is 0 Å². The first-order valence-corrected chi connectivity index (χ1v) is 5.31. The first-order chi connectivity index (χ1) is 7.02. The molecule has 0 atom stereocenters. The van der Waals surface area contributed by atoms with Gasteiger partial charge in [0, 0.05) is 4.47 Å². The number of hydrogen-bond donors (Lipinski definition) is 0. The average molecular weight is 294 g/mol. The third-order valence-corrected chi connectivity index (χ3v) is 3.36. The molecular weight excluding hydrogens is 283 g/mol. The maximum atomic E-state index is 11.5. The summed E-state index contributed by atoms with van der Waals surface area (Å²) in [6.07, 6.45) is 0. The van der Waals surface area contributed by atoms with Crippen molar-refractivity contribution in [3.8, 4) is 5.75 Å². The van der Waals surface area contributed by atoms with Gasteiger partial charge in [-0.05, 0) is 34.5 Å². The van der Waals surface area contributed by atoms with Gasteiger partial charge in [-0.3, -0.25) is 0 Å². The Morgan fingerprint density at radius 3 is 2.53 bits per heavy atom. The number of hydrogen-bond acceptors (Lipinski definition) is 3. The third kappa shape index (κ3) is 2.26. The van der Waals surface area contributed by atoms with Crippen molar-refractivity contribution in [2.75, 3.05) is 14.2 Å². The maximum Gasteiger partial charge on any atom is 0.340 e. The monoisotopic (exact) mass is 292 g/mol. The van der Waals surface area contributed by atoms with E-state index in [2.05, 4.69) is 20.7 Å². The summed E-state index contributed by atoms with van der Waals surface area (Å²) in [6.45, 7) is 1.84. The van der Waals surface area contributed by atoms with Gasteiger partial charge in [-0.15, -0.1) is 0 Å². The SMILES string of the molecule is COC(=O)c1c(Cl)c(OC)cc(C)c1Br. The molecule has 0 aliphatic heterocycles. The highest BCUT2D eigenvalue weighted by molar-refractivity contribution is 9.10. The fourth-order valence-electron chi connectivity index (χ4n) is 1.17. The van der Waals surface area contributed by atoms with E-state index in [0.29, 0.717) is 10.2 Å². The molecule has 0 unspecified atom stereocenters. The quantitative estimate of drug-likeness (QED) is 0.786. The molecule has 0 fully saturated rings. The normalized spacial score (nSPS) is 9.93. The molecule has 1 rings (SSSR count). The van der Waals surface area contributed by atoms with Crippen molar-refractivity contribution >= 4 is 33.5 Å². The average Bonchev–Trinajstić information content (AvgIpc) is 2.23. The largest absolute Gasteiger partial charge is 0.495 e. The van der Waals surface area contributed by atoms with Crippen LogP contribution in [0.25, 0.3) is 0 Å². The zero-order valence-corrected chi connectivity index (χ0v) is 10.9. The van der Waals surface area contributed by atoms with Crippen LogP contribution in [0.4, 0.5) is 0 Å². The van der Waals surface area contributed by atoms with Gasteiger partial charge in [0.1, 0.15) is 5.75 Å². The molecule has 1 aromatic rings. The molecule has 15 heavy (non-hydrogen) atoms. The molecule has 0 aromatic heterocycles. The summed E-state index contributed by atoms with van der Waals surface area (Å²) >= 11 is 9.30. The highest BCUT2D eigenvalue weighted by atomic mass is 79.9. The number of carbonyl (C=O) groups is 1. The van der Waals surface area contributed by atoms with E-state index in [1.54, 1.807) is 6.07 Å². The lowest BCUT2D eigenvalue weighted by atomic mass is 10.1. The second kappa shape index (κ2) is 4.86. The Kier molecular flexibility index (Phi) is 3.99. The van der Waals surface area contributed by atoms with Gasteiger partial charge in [-0.2, -0.15) is 0 Å². The van der Waals surface area contributed by atoms with Crippen molar-refractivity contribution in [1.29, 1.82) is 0 Å². The van der Waals surface area contributed by atoms with E-state index in [0.717, 1.165) is 5.56 Å². The van der Waals surface area contributed by atoms with Crippen LogP contribution in [0.5, 0.6) is 5.75 Å². The van der Waals surface area contributed by atoms with E-state index in [-0.39, 0.29) is 10.6 Å². The molecule has 0 N–H and O–H groups in total. The van der Waals surface area contributed by atoms with Gasteiger partial charge >= 0.3 is 5.97 Å². The Morgan fingerprint density at radius 2 is 2.07 bits per heavy atom. The predicted molar refractivity (Wildman–Crippen MR) is 61.8 cm³/mol. The molecule has 0 spiro atoms. The number of esters is 1. The Morgan fingerprint density at radius 1 is 1.47 bits per heavy atom. The summed E-state index contributed by atoms with van der Waals surface area (Å²) in [5.41, 5.74) is 1.15. The minimum Gasteiger partial charge on any atom is -0.495 e. The van der Waals surface area contributed by atoms with Crippen LogP contribution < -0.4 is 4.74 Å². The second-order valence-electron chi connectivity index (χ2n) is 2.89. The summed E-state index contributed by atoms with van der Waals surface area (Å²) in [5, 5.41) is 0.252. The van der Waals surface area contributed by atoms with Gasteiger partial charge in [0.2, 0.25) is 0 Å². The Bertz CT molecular complexity index is 404. The van der Waals surface area contributed by atoms with Gasteiger partial charge in [0.05, 0.1) is 24.8 Å². The summed E-state index contributed by atoms with van der Waals surface area (Å²) in [6, 6.07) is 1.75. The lowest BCUT2D eigenvalue weighted by Crippen LogP contribution is -2.05. The number of halogens is 2. The summed E-state index contributed by atoms with van der Waals surface area (Å²) in [7, 11) is 2.80. The van der Waals surface area contributed by atoms with Crippen molar-refractivity contribution in [3.63, 3.8) is 0 Å². The van der Waals surface area contributed by atoms with Gasteiger partial charge in [-0.25, -0.2) is 4.79 Å². The third-order valence-electron chi connectivity index (χ3n) is 1.96. The van der Waals surface area contributed by atoms with E-state index in [1.165, 1.54) is 14.2 Å². The number of aryl methyl sites for hydroxylation is 1. The standard InChI is InChI=1S/C10H10BrClO3/c1-5-4-6(14-2)9(12)7(8(5)11)10(13)15-3/h4H,1-3H3. The minimum atomic E-state index is -0.492. The highest BCUT2D eigenvalue weighted by Crippen LogP contribution is 2.36. The van der Waals surface area contributed by atoms with Crippen molar-refractivity contribution in [2.45, 2.75) is 6.92 Å². The number of carbonyl (C=O) groups excluding carboxylic acids is 1. The lowest BCUT2D eigenvalue weighted by Gasteiger charge is -2.11. The van der Waals surface area contributed by atoms with Crippen LogP contribution in [-0.4, -0.2) is 20.2 Å². The second-order valence-corrected chi connectivity index (χ2v) is 4.06. The van der Waals surface area contributed by atoms with Gasteiger partial charge in [0.15, 0.2) is 0 Å². The van der Waals surface area contributed by atoms with Gasteiger partial charge in [0.25, 0.3) is 0 Å². The van der Waals surface area contributed by atoms with E-state index < -0.39 is 5.97 Å².